The number of anilines is 1. The highest BCUT2D eigenvalue weighted by molar-refractivity contribution is 6.29. The van der Waals surface area contributed by atoms with Crippen molar-refractivity contribution in [3.63, 3.8) is 0 Å². The number of hydrogen-bond donors (Lipinski definition) is 2. The minimum atomic E-state index is 0.0427. The molecule has 0 aliphatic carbocycles. The maximum absolute atomic E-state index is 12.0. The number of hydrogen-bond acceptors (Lipinski definition) is 3. The third-order valence-corrected chi connectivity index (χ3v) is 4.24. The Morgan fingerprint density at radius 3 is 2.79 bits per heavy atom. The quantitative estimate of drug-likeness (QED) is 0.836. The smallest absolute Gasteiger partial charge is 0.225 e. The SMILES string of the molecule is O=C(CC1CC2CCC(C1)N2)Nc1cccc(Cl)n1. The average molecular weight is 280 g/mol. The van der Waals surface area contributed by atoms with Crippen LogP contribution < -0.4 is 10.6 Å². The molecule has 2 aliphatic rings. The predicted molar refractivity (Wildman–Crippen MR) is 75.2 cm³/mol. The molecule has 0 aromatic carbocycles. The summed E-state index contributed by atoms with van der Waals surface area (Å²) < 4.78 is 0. The monoisotopic (exact) mass is 279 g/mol. The molecule has 1 aromatic rings. The lowest BCUT2D eigenvalue weighted by Gasteiger charge is -2.28. The molecule has 0 spiro atoms. The second kappa shape index (κ2) is 5.47. The first-order valence-corrected chi connectivity index (χ1v) is 7.25. The summed E-state index contributed by atoms with van der Waals surface area (Å²) in [7, 11) is 0. The van der Waals surface area contributed by atoms with Crippen molar-refractivity contribution in [2.24, 2.45) is 5.92 Å². The summed E-state index contributed by atoms with van der Waals surface area (Å²) in [4.78, 5) is 16.1. The van der Waals surface area contributed by atoms with Gasteiger partial charge in [-0.2, -0.15) is 0 Å². The van der Waals surface area contributed by atoms with Crippen molar-refractivity contribution >= 4 is 23.3 Å². The standard InChI is InChI=1S/C14H18ClN3O/c15-12-2-1-3-13(17-12)18-14(19)8-9-6-10-4-5-11(7-9)16-10/h1-3,9-11,16H,4-8H2,(H,17,18,19). The van der Waals surface area contributed by atoms with Crippen LogP contribution in [0.4, 0.5) is 5.82 Å². The summed E-state index contributed by atoms with van der Waals surface area (Å²) in [5.74, 6) is 1.08. The number of aromatic nitrogens is 1. The Morgan fingerprint density at radius 1 is 1.37 bits per heavy atom. The summed E-state index contributed by atoms with van der Waals surface area (Å²) >= 11 is 5.80. The minimum absolute atomic E-state index is 0.0427. The van der Waals surface area contributed by atoms with Gasteiger partial charge in [-0.3, -0.25) is 4.79 Å². The maximum Gasteiger partial charge on any atom is 0.225 e. The highest BCUT2D eigenvalue weighted by Crippen LogP contribution is 2.32. The number of carbonyl (C=O) groups is 1. The Balaban J connectivity index is 1.54. The highest BCUT2D eigenvalue weighted by Gasteiger charge is 2.34. The molecule has 2 atom stereocenters. The molecule has 1 aromatic heterocycles. The van der Waals surface area contributed by atoms with Crippen LogP contribution in [0.15, 0.2) is 18.2 Å². The van der Waals surface area contributed by atoms with Gasteiger partial charge < -0.3 is 10.6 Å². The van der Waals surface area contributed by atoms with Crippen LogP contribution >= 0.6 is 11.6 Å². The van der Waals surface area contributed by atoms with E-state index >= 15 is 0 Å². The van der Waals surface area contributed by atoms with E-state index in [0.717, 1.165) is 12.8 Å². The van der Waals surface area contributed by atoms with Gasteiger partial charge >= 0.3 is 0 Å². The fourth-order valence-electron chi connectivity index (χ4n) is 3.28. The minimum Gasteiger partial charge on any atom is -0.311 e. The van der Waals surface area contributed by atoms with E-state index in [4.69, 9.17) is 11.6 Å². The van der Waals surface area contributed by atoms with Gasteiger partial charge in [-0.25, -0.2) is 4.98 Å². The number of nitrogens with zero attached hydrogens (tertiary/aromatic N) is 1. The molecule has 1 amide bonds. The van der Waals surface area contributed by atoms with E-state index in [-0.39, 0.29) is 5.91 Å². The van der Waals surface area contributed by atoms with Crippen molar-refractivity contribution in [1.29, 1.82) is 0 Å². The normalized spacial score (nSPS) is 29.2. The zero-order valence-corrected chi connectivity index (χ0v) is 11.5. The number of halogens is 1. The molecule has 2 unspecified atom stereocenters. The Morgan fingerprint density at radius 2 is 2.11 bits per heavy atom. The van der Waals surface area contributed by atoms with E-state index in [1.54, 1.807) is 18.2 Å². The number of carbonyl (C=O) groups excluding carboxylic acids is 1. The van der Waals surface area contributed by atoms with E-state index in [1.165, 1.54) is 12.8 Å². The van der Waals surface area contributed by atoms with Gasteiger partial charge in [0.25, 0.3) is 0 Å². The molecule has 2 saturated heterocycles. The van der Waals surface area contributed by atoms with Gasteiger partial charge in [0.2, 0.25) is 5.91 Å². The van der Waals surface area contributed by atoms with Crippen molar-refractivity contribution in [2.45, 2.75) is 44.2 Å². The van der Waals surface area contributed by atoms with Crippen LogP contribution in [0, 0.1) is 5.92 Å². The molecule has 2 fully saturated rings. The molecule has 2 aliphatic heterocycles. The number of amides is 1. The van der Waals surface area contributed by atoms with Crippen LogP contribution in [0.3, 0.4) is 0 Å². The lowest BCUT2D eigenvalue weighted by Crippen LogP contribution is -2.39. The molecule has 0 radical (unpaired) electrons. The van der Waals surface area contributed by atoms with Crippen molar-refractivity contribution in [3.05, 3.63) is 23.4 Å². The van der Waals surface area contributed by atoms with Gasteiger partial charge in [-0.05, 0) is 43.7 Å². The van der Waals surface area contributed by atoms with Crippen molar-refractivity contribution in [1.82, 2.24) is 10.3 Å². The Labute approximate surface area is 117 Å². The largest absolute Gasteiger partial charge is 0.311 e. The lowest BCUT2D eigenvalue weighted by atomic mass is 9.89. The molecule has 3 heterocycles. The van der Waals surface area contributed by atoms with E-state index < -0.39 is 0 Å². The molecule has 19 heavy (non-hydrogen) atoms. The van der Waals surface area contributed by atoms with Gasteiger partial charge in [0.1, 0.15) is 11.0 Å². The van der Waals surface area contributed by atoms with Crippen LogP contribution in [-0.2, 0) is 4.79 Å². The average Bonchev–Trinajstić information content (AvgIpc) is 2.68. The Bertz CT molecular complexity index is 468. The molecule has 3 rings (SSSR count). The summed E-state index contributed by atoms with van der Waals surface area (Å²) in [6, 6.07) is 6.49. The topological polar surface area (TPSA) is 54.0 Å². The van der Waals surface area contributed by atoms with E-state index in [9.17, 15) is 4.79 Å². The highest BCUT2D eigenvalue weighted by atomic mass is 35.5. The van der Waals surface area contributed by atoms with Crippen molar-refractivity contribution in [2.75, 3.05) is 5.32 Å². The molecule has 102 valence electrons. The van der Waals surface area contributed by atoms with Crippen LogP contribution in [0.5, 0.6) is 0 Å². The van der Waals surface area contributed by atoms with Gasteiger partial charge in [0.15, 0.2) is 0 Å². The Kier molecular flexibility index (Phi) is 3.71. The number of fused-ring (bicyclic) bond motifs is 2. The third kappa shape index (κ3) is 3.25. The van der Waals surface area contributed by atoms with Crippen LogP contribution in [-0.4, -0.2) is 23.0 Å². The van der Waals surface area contributed by atoms with Gasteiger partial charge in [0, 0.05) is 18.5 Å². The Hall–Kier alpha value is -1.13. The van der Waals surface area contributed by atoms with Crippen molar-refractivity contribution < 1.29 is 4.79 Å². The summed E-state index contributed by atoms with van der Waals surface area (Å²) in [6.07, 6.45) is 5.35. The maximum atomic E-state index is 12.0. The van der Waals surface area contributed by atoms with E-state index in [1.807, 2.05) is 0 Å². The lowest BCUT2D eigenvalue weighted by molar-refractivity contribution is -0.117. The van der Waals surface area contributed by atoms with Crippen LogP contribution in [0.25, 0.3) is 0 Å². The zero-order valence-electron chi connectivity index (χ0n) is 10.7. The van der Waals surface area contributed by atoms with Crippen LogP contribution in [0.2, 0.25) is 5.15 Å². The number of nitrogens with one attached hydrogen (secondary N) is 2. The molecule has 0 saturated carbocycles. The molecule has 2 bridgehead atoms. The molecule has 5 heteroatoms. The predicted octanol–water partition coefficient (Wildman–Crippen LogP) is 2.59. The first kappa shape index (κ1) is 12.9. The second-order valence-electron chi connectivity index (χ2n) is 5.57. The summed E-state index contributed by atoms with van der Waals surface area (Å²) in [5, 5.41) is 6.82. The van der Waals surface area contributed by atoms with Gasteiger partial charge in [0.05, 0.1) is 0 Å². The fraction of sp³-hybridized carbons (Fsp3) is 0.571. The van der Waals surface area contributed by atoms with E-state index in [0.29, 0.717) is 35.4 Å². The third-order valence-electron chi connectivity index (χ3n) is 4.03. The molecular weight excluding hydrogens is 262 g/mol. The molecule has 4 nitrogen and oxygen atoms in total. The van der Waals surface area contributed by atoms with Crippen molar-refractivity contribution in [3.8, 4) is 0 Å². The summed E-state index contributed by atoms with van der Waals surface area (Å²) in [6.45, 7) is 0. The molecule has 2 N–H and O–H groups in total. The first-order chi connectivity index (χ1) is 9.19. The van der Waals surface area contributed by atoms with E-state index in [2.05, 4.69) is 15.6 Å². The fourth-order valence-corrected chi connectivity index (χ4v) is 3.44. The van der Waals surface area contributed by atoms with Gasteiger partial charge in [-0.15, -0.1) is 0 Å². The number of rotatable bonds is 3. The zero-order chi connectivity index (χ0) is 13.2. The van der Waals surface area contributed by atoms with Gasteiger partial charge in [-0.1, -0.05) is 17.7 Å². The second-order valence-corrected chi connectivity index (χ2v) is 5.96. The summed E-state index contributed by atoms with van der Waals surface area (Å²) in [5.41, 5.74) is 0. The first-order valence-electron chi connectivity index (χ1n) is 6.87. The number of piperidine rings is 1. The molecular formula is C14H18ClN3O. The van der Waals surface area contributed by atoms with Crippen LogP contribution in [0.1, 0.15) is 32.1 Å². The number of pyridine rings is 1.